The molecule has 3 aliphatic heterocycles. The number of aliphatic hydroxyl groups excluding tert-OH is 1. The molecule has 0 saturated carbocycles. The number of unbranched alkanes of at least 4 members (excludes halogenated alkanes) is 2. The van der Waals surface area contributed by atoms with Gasteiger partial charge in [-0.2, -0.15) is 0 Å². The second-order valence-corrected chi connectivity index (χ2v) is 13.2. The van der Waals surface area contributed by atoms with E-state index < -0.39 is 28.7 Å². The second-order valence-electron chi connectivity index (χ2n) is 11.6. The van der Waals surface area contributed by atoms with Crippen LogP contribution >= 0.6 is 11.8 Å². The lowest BCUT2D eigenvalue weighted by Crippen LogP contribution is -2.59. The SMILES string of the molecule is C=CCN(CCCCC)C(=O)C1N([C@H](C)CO)C(=O)[C@@H]2[C@H](C(=O)N(CC=C)Cc3ccccc3)[C@@H]3CC(C)C12S3. The minimum atomic E-state index is -0.724. The van der Waals surface area contributed by atoms with Gasteiger partial charge in [0.15, 0.2) is 0 Å². The van der Waals surface area contributed by atoms with E-state index in [2.05, 4.69) is 27.0 Å². The number of amides is 3. The predicted molar refractivity (Wildman–Crippen MR) is 160 cm³/mol. The molecular formula is C32H45N3O4S. The van der Waals surface area contributed by atoms with E-state index in [-0.39, 0.29) is 35.5 Å². The molecule has 1 spiro atoms. The van der Waals surface area contributed by atoms with Crippen LogP contribution in [0.4, 0.5) is 0 Å². The molecule has 40 heavy (non-hydrogen) atoms. The first kappa shape index (κ1) is 30.4. The minimum absolute atomic E-state index is 0.0330. The van der Waals surface area contributed by atoms with Crippen molar-refractivity contribution in [3.63, 3.8) is 0 Å². The third-order valence-electron chi connectivity index (χ3n) is 9.01. The van der Waals surface area contributed by atoms with Crippen molar-refractivity contribution < 1.29 is 19.5 Å². The van der Waals surface area contributed by atoms with Crippen LogP contribution in [0.1, 0.15) is 52.0 Å². The maximum absolute atomic E-state index is 14.4. The number of hydrogen-bond acceptors (Lipinski definition) is 5. The van der Waals surface area contributed by atoms with Gasteiger partial charge >= 0.3 is 0 Å². The summed E-state index contributed by atoms with van der Waals surface area (Å²) in [6.45, 7) is 15.4. The van der Waals surface area contributed by atoms with Crippen LogP contribution in [-0.4, -0.2) is 85.8 Å². The number of likely N-dealkylation sites (tertiary alicyclic amines) is 1. The molecule has 3 amide bonds. The quantitative estimate of drug-likeness (QED) is 0.270. The van der Waals surface area contributed by atoms with Crippen molar-refractivity contribution in [1.82, 2.24) is 14.7 Å². The molecule has 3 aliphatic rings. The van der Waals surface area contributed by atoms with Crippen molar-refractivity contribution in [2.24, 2.45) is 17.8 Å². The lowest BCUT2D eigenvalue weighted by Gasteiger charge is -2.42. The van der Waals surface area contributed by atoms with Gasteiger partial charge in [0.05, 0.1) is 29.2 Å². The van der Waals surface area contributed by atoms with Gasteiger partial charge in [-0.05, 0) is 31.2 Å². The van der Waals surface area contributed by atoms with E-state index in [9.17, 15) is 19.5 Å². The molecule has 7 atom stereocenters. The number of carbonyl (C=O) groups is 3. The second kappa shape index (κ2) is 12.9. The van der Waals surface area contributed by atoms with Crippen molar-refractivity contribution in [3.8, 4) is 0 Å². The summed E-state index contributed by atoms with van der Waals surface area (Å²) < 4.78 is -0.709. The van der Waals surface area contributed by atoms with Crippen LogP contribution in [0.3, 0.4) is 0 Å². The summed E-state index contributed by atoms with van der Waals surface area (Å²) >= 11 is 1.68. The molecule has 3 fully saturated rings. The number of hydrogen-bond donors (Lipinski definition) is 1. The molecule has 8 heteroatoms. The fraction of sp³-hybridized carbons (Fsp3) is 0.594. The molecule has 1 N–H and O–H groups in total. The Morgan fingerprint density at radius 2 is 1.82 bits per heavy atom. The zero-order chi connectivity index (χ0) is 29.0. The molecule has 0 aromatic heterocycles. The summed E-state index contributed by atoms with van der Waals surface area (Å²) in [5.41, 5.74) is 1.02. The third-order valence-corrected chi connectivity index (χ3v) is 11.1. The van der Waals surface area contributed by atoms with Crippen molar-refractivity contribution in [2.45, 2.75) is 75.1 Å². The summed E-state index contributed by atoms with van der Waals surface area (Å²) in [5.74, 6) is -1.36. The Hall–Kier alpha value is -2.58. The summed E-state index contributed by atoms with van der Waals surface area (Å²) in [4.78, 5) is 48.3. The van der Waals surface area contributed by atoms with Crippen LogP contribution in [0, 0.1) is 17.8 Å². The third kappa shape index (κ3) is 5.25. The molecule has 4 rings (SSSR count). The highest BCUT2D eigenvalue weighted by atomic mass is 32.2. The predicted octanol–water partition coefficient (Wildman–Crippen LogP) is 4.12. The number of rotatable bonds is 14. The van der Waals surface area contributed by atoms with E-state index in [1.807, 2.05) is 35.2 Å². The van der Waals surface area contributed by atoms with Gasteiger partial charge < -0.3 is 19.8 Å². The Labute approximate surface area is 243 Å². The number of fused-ring (bicyclic) bond motifs is 1. The van der Waals surface area contributed by atoms with Crippen molar-refractivity contribution in [1.29, 1.82) is 0 Å². The van der Waals surface area contributed by atoms with Crippen LogP contribution in [0.15, 0.2) is 55.6 Å². The van der Waals surface area contributed by atoms with E-state index in [1.54, 1.807) is 40.6 Å². The summed E-state index contributed by atoms with van der Waals surface area (Å²) in [7, 11) is 0. The normalized spacial score (nSPS) is 29.2. The zero-order valence-corrected chi connectivity index (χ0v) is 25.0. The smallest absolute Gasteiger partial charge is 0.247 e. The van der Waals surface area contributed by atoms with E-state index >= 15 is 0 Å². The average molecular weight is 568 g/mol. The molecule has 1 aromatic rings. The van der Waals surface area contributed by atoms with Crippen LogP contribution < -0.4 is 0 Å². The number of carbonyl (C=O) groups excluding carboxylic acids is 3. The molecule has 218 valence electrons. The van der Waals surface area contributed by atoms with E-state index in [0.29, 0.717) is 26.2 Å². The molecule has 1 aromatic carbocycles. The van der Waals surface area contributed by atoms with Crippen molar-refractivity contribution in [2.75, 3.05) is 26.2 Å². The molecule has 3 heterocycles. The Bertz CT molecular complexity index is 1100. The zero-order valence-electron chi connectivity index (χ0n) is 24.2. The molecule has 0 aliphatic carbocycles. The first-order chi connectivity index (χ1) is 19.3. The van der Waals surface area contributed by atoms with E-state index in [1.165, 1.54) is 0 Å². The Kier molecular flexibility index (Phi) is 9.83. The van der Waals surface area contributed by atoms with Crippen LogP contribution in [0.2, 0.25) is 0 Å². The van der Waals surface area contributed by atoms with Crippen LogP contribution in [0.5, 0.6) is 0 Å². The van der Waals surface area contributed by atoms with Gasteiger partial charge in [-0.15, -0.1) is 24.9 Å². The molecule has 3 unspecified atom stereocenters. The highest BCUT2D eigenvalue weighted by molar-refractivity contribution is 8.02. The van der Waals surface area contributed by atoms with Crippen molar-refractivity contribution >= 4 is 29.5 Å². The maximum Gasteiger partial charge on any atom is 0.247 e. The number of nitrogens with zero attached hydrogens (tertiary/aromatic N) is 3. The lowest BCUT2D eigenvalue weighted by atomic mass is 9.65. The summed E-state index contributed by atoms with van der Waals surface area (Å²) in [6, 6.07) is 8.60. The van der Waals surface area contributed by atoms with Gasteiger partial charge in [0.25, 0.3) is 0 Å². The molecular weight excluding hydrogens is 522 g/mol. The standard InChI is InChI=1S/C32H45N3O4S/c1-6-9-13-18-33(16-7-2)31(39)28-32-22(4)19-25(40-32)26(27(32)30(38)35(28)23(5)21-36)29(37)34(17-8-3)20-24-14-11-10-12-15-24/h7-8,10-12,14-15,22-23,25-28,36H,2-3,6,9,13,16-21H2,1,4-5H3/t22?,23-,25+,26-,27+,28?,32?/m1/s1. The highest BCUT2D eigenvalue weighted by Crippen LogP contribution is 2.69. The highest BCUT2D eigenvalue weighted by Gasteiger charge is 2.76. The first-order valence-corrected chi connectivity index (χ1v) is 15.6. The Morgan fingerprint density at radius 3 is 2.45 bits per heavy atom. The maximum atomic E-state index is 14.4. The first-order valence-electron chi connectivity index (χ1n) is 14.7. The van der Waals surface area contributed by atoms with E-state index in [4.69, 9.17) is 0 Å². The van der Waals surface area contributed by atoms with Gasteiger partial charge in [0, 0.05) is 31.4 Å². The van der Waals surface area contributed by atoms with Gasteiger partial charge in [0.1, 0.15) is 6.04 Å². The van der Waals surface area contributed by atoms with E-state index in [0.717, 1.165) is 31.2 Å². The number of thioether (sulfide) groups is 1. The Balaban J connectivity index is 1.73. The molecule has 2 bridgehead atoms. The topological polar surface area (TPSA) is 81.2 Å². The minimum Gasteiger partial charge on any atom is -0.394 e. The average Bonchev–Trinajstić information content (AvgIpc) is 3.55. The molecule has 7 nitrogen and oxygen atoms in total. The number of benzene rings is 1. The molecule has 0 radical (unpaired) electrons. The fourth-order valence-electron chi connectivity index (χ4n) is 7.16. The largest absolute Gasteiger partial charge is 0.394 e. The van der Waals surface area contributed by atoms with Crippen molar-refractivity contribution in [3.05, 3.63) is 61.2 Å². The van der Waals surface area contributed by atoms with Gasteiger partial charge in [-0.25, -0.2) is 0 Å². The lowest BCUT2D eigenvalue weighted by molar-refractivity contribution is -0.147. The summed E-state index contributed by atoms with van der Waals surface area (Å²) in [6.07, 6.45) is 7.18. The van der Waals surface area contributed by atoms with Crippen LogP contribution in [0.25, 0.3) is 0 Å². The van der Waals surface area contributed by atoms with Gasteiger partial charge in [0.2, 0.25) is 17.7 Å². The van der Waals surface area contributed by atoms with Gasteiger partial charge in [-0.3, -0.25) is 14.4 Å². The monoisotopic (exact) mass is 567 g/mol. The summed E-state index contributed by atoms with van der Waals surface area (Å²) in [5, 5.41) is 10.2. The molecule has 3 saturated heterocycles. The number of aliphatic hydroxyl groups is 1. The van der Waals surface area contributed by atoms with Gasteiger partial charge in [-0.1, -0.05) is 69.2 Å². The Morgan fingerprint density at radius 1 is 1.15 bits per heavy atom. The van der Waals surface area contributed by atoms with Crippen LogP contribution in [-0.2, 0) is 20.9 Å². The fourth-order valence-corrected chi connectivity index (χ4v) is 9.55.